The fourth-order valence-corrected chi connectivity index (χ4v) is 3.15. The number of fused-ring (bicyclic) bond motifs is 1. The lowest BCUT2D eigenvalue weighted by Gasteiger charge is -2.14. The number of nitrogens with zero attached hydrogens (tertiary/aromatic N) is 2. The van der Waals surface area contributed by atoms with Gasteiger partial charge in [-0.3, -0.25) is 9.79 Å². The number of aliphatic imine (C=N–C) groups is 1. The quantitative estimate of drug-likeness (QED) is 0.514. The van der Waals surface area contributed by atoms with Gasteiger partial charge in [0.05, 0.1) is 6.61 Å². The van der Waals surface area contributed by atoms with Gasteiger partial charge in [-0.05, 0) is 41.3 Å². The molecule has 3 rings (SSSR count). The van der Waals surface area contributed by atoms with Gasteiger partial charge in [-0.25, -0.2) is 0 Å². The van der Waals surface area contributed by atoms with Crippen LogP contribution in [-0.4, -0.2) is 57.7 Å². The summed E-state index contributed by atoms with van der Waals surface area (Å²) in [7, 11) is 5.18. The predicted octanol–water partition coefficient (Wildman–Crippen LogP) is 2.00. The number of hydrogen-bond acceptors (Lipinski definition) is 4. The number of ether oxygens (including phenoxy) is 2. The van der Waals surface area contributed by atoms with Crippen molar-refractivity contribution in [2.24, 2.45) is 4.99 Å². The molecule has 2 aromatic carbocycles. The smallest absolute Gasteiger partial charge is 0.259 e. The first-order chi connectivity index (χ1) is 14.5. The molecule has 0 radical (unpaired) electrons. The Morgan fingerprint density at radius 1 is 1.17 bits per heavy atom. The molecule has 0 aliphatic carbocycles. The lowest BCUT2D eigenvalue weighted by molar-refractivity contribution is -0.130. The van der Waals surface area contributed by atoms with Crippen LogP contribution in [0.1, 0.15) is 16.7 Å². The van der Waals surface area contributed by atoms with Gasteiger partial charge < -0.3 is 25.0 Å². The summed E-state index contributed by atoms with van der Waals surface area (Å²) in [6.07, 6.45) is 1.91. The molecule has 0 spiro atoms. The zero-order chi connectivity index (χ0) is 21.3. The van der Waals surface area contributed by atoms with Crippen LogP contribution in [0.15, 0.2) is 47.5 Å². The first kappa shape index (κ1) is 21.5. The molecule has 0 saturated carbocycles. The van der Waals surface area contributed by atoms with Crippen molar-refractivity contribution in [2.45, 2.75) is 19.4 Å². The Hall–Kier alpha value is -3.22. The Labute approximate surface area is 178 Å². The minimum absolute atomic E-state index is 0.0297. The van der Waals surface area contributed by atoms with E-state index in [0.717, 1.165) is 43.3 Å². The molecule has 7 heteroatoms. The second-order valence-electron chi connectivity index (χ2n) is 7.37. The van der Waals surface area contributed by atoms with Gasteiger partial charge in [0.15, 0.2) is 12.6 Å². The van der Waals surface area contributed by atoms with Crippen LogP contribution in [0.25, 0.3) is 0 Å². The van der Waals surface area contributed by atoms with Gasteiger partial charge in [0.1, 0.15) is 11.5 Å². The van der Waals surface area contributed by atoms with Crippen molar-refractivity contribution in [3.05, 3.63) is 59.2 Å². The Balaban J connectivity index is 1.44. The van der Waals surface area contributed by atoms with E-state index < -0.39 is 0 Å². The summed E-state index contributed by atoms with van der Waals surface area (Å²) in [4.78, 5) is 17.5. The number of nitrogens with one attached hydrogen (secondary N) is 2. The van der Waals surface area contributed by atoms with E-state index >= 15 is 0 Å². The Morgan fingerprint density at radius 2 is 2.03 bits per heavy atom. The minimum Gasteiger partial charge on any atom is -0.493 e. The summed E-state index contributed by atoms with van der Waals surface area (Å²) in [5, 5.41) is 6.66. The molecule has 0 fully saturated rings. The summed E-state index contributed by atoms with van der Waals surface area (Å²) in [6.45, 7) is 2.21. The molecule has 0 aromatic heterocycles. The maximum absolute atomic E-state index is 11.7. The average molecular weight is 411 g/mol. The van der Waals surface area contributed by atoms with Gasteiger partial charge in [-0.2, -0.15) is 0 Å². The minimum atomic E-state index is -0.0703. The van der Waals surface area contributed by atoms with E-state index in [4.69, 9.17) is 9.47 Å². The summed E-state index contributed by atoms with van der Waals surface area (Å²) in [5.74, 6) is 2.36. The molecule has 1 aliphatic rings. The number of likely N-dealkylation sites (N-methyl/N-ethyl adjacent to an activating group) is 1. The van der Waals surface area contributed by atoms with Crippen molar-refractivity contribution in [3.63, 3.8) is 0 Å². The number of hydrogen-bond donors (Lipinski definition) is 2. The molecular formula is C23H30N4O3. The molecule has 0 unspecified atom stereocenters. The topological polar surface area (TPSA) is 75.2 Å². The Bertz CT molecular complexity index is 896. The van der Waals surface area contributed by atoms with E-state index in [-0.39, 0.29) is 12.5 Å². The maximum atomic E-state index is 11.7. The van der Waals surface area contributed by atoms with Crippen LogP contribution in [0, 0.1) is 0 Å². The highest BCUT2D eigenvalue weighted by Crippen LogP contribution is 2.25. The van der Waals surface area contributed by atoms with Gasteiger partial charge in [-0.1, -0.05) is 24.3 Å². The molecule has 2 N–H and O–H groups in total. The molecule has 0 bridgehead atoms. The number of rotatable bonds is 8. The van der Waals surface area contributed by atoms with Crippen LogP contribution in [0.2, 0.25) is 0 Å². The van der Waals surface area contributed by atoms with Gasteiger partial charge in [0.2, 0.25) is 0 Å². The Morgan fingerprint density at radius 3 is 2.83 bits per heavy atom. The third kappa shape index (κ3) is 6.14. The highest BCUT2D eigenvalue weighted by atomic mass is 16.5. The van der Waals surface area contributed by atoms with Crippen LogP contribution in [0.3, 0.4) is 0 Å². The number of benzene rings is 2. The third-order valence-corrected chi connectivity index (χ3v) is 4.90. The number of amides is 1. The zero-order valence-electron chi connectivity index (χ0n) is 17.9. The summed E-state index contributed by atoms with van der Waals surface area (Å²) in [6, 6.07) is 14.1. The Kier molecular flexibility index (Phi) is 7.54. The van der Waals surface area contributed by atoms with Gasteiger partial charge in [0, 0.05) is 40.7 Å². The highest BCUT2D eigenvalue weighted by Gasteiger charge is 2.12. The molecule has 0 saturated heterocycles. The number of carbonyl (C=O) groups excluding carboxylic acids is 1. The molecule has 0 atom stereocenters. The van der Waals surface area contributed by atoms with Crippen molar-refractivity contribution < 1.29 is 14.3 Å². The lowest BCUT2D eigenvalue weighted by atomic mass is 10.1. The number of guanidine groups is 1. The fourth-order valence-electron chi connectivity index (χ4n) is 3.15. The van der Waals surface area contributed by atoms with Crippen molar-refractivity contribution in [1.29, 1.82) is 0 Å². The van der Waals surface area contributed by atoms with Crippen LogP contribution >= 0.6 is 0 Å². The van der Waals surface area contributed by atoms with Gasteiger partial charge >= 0.3 is 0 Å². The van der Waals surface area contributed by atoms with Gasteiger partial charge in [-0.15, -0.1) is 0 Å². The van der Waals surface area contributed by atoms with Crippen LogP contribution in [0.5, 0.6) is 11.5 Å². The largest absolute Gasteiger partial charge is 0.493 e. The molecule has 30 heavy (non-hydrogen) atoms. The van der Waals surface area contributed by atoms with E-state index in [0.29, 0.717) is 12.3 Å². The summed E-state index contributed by atoms with van der Waals surface area (Å²) >= 11 is 0. The molecular weight excluding hydrogens is 380 g/mol. The van der Waals surface area contributed by atoms with E-state index in [1.807, 2.05) is 24.3 Å². The van der Waals surface area contributed by atoms with Crippen molar-refractivity contribution in [1.82, 2.24) is 15.5 Å². The van der Waals surface area contributed by atoms with Crippen molar-refractivity contribution >= 4 is 11.9 Å². The first-order valence-corrected chi connectivity index (χ1v) is 10.2. The second kappa shape index (κ2) is 10.5. The van der Waals surface area contributed by atoms with Crippen LogP contribution in [-0.2, 0) is 24.2 Å². The molecule has 160 valence electrons. The van der Waals surface area contributed by atoms with E-state index in [1.54, 1.807) is 21.1 Å². The van der Waals surface area contributed by atoms with E-state index in [2.05, 4.69) is 33.8 Å². The standard InChI is InChI=1S/C23H30N4O3/c1-24-23(25-11-9-17-7-8-21-19(13-17)10-12-29-21)26-15-18-5-4-6-20(14-18)30-16-22(28)27(2)3/h4-8,13-14H,9-12,15-16H2,1-3H3,(H2,24,25,26). The molecule has 1 heterocycles. The monoisotopic (exact) mass is 410 g/mol. The highest BCUT2D eigenvalue weighted by molar-refractivity contribution is 5.79. The maximum Gasteiger partial charge on any atom is 0.259 e. The summed E-state index contributed by atoms with van der Waals surface area (Å²) < 4.78 is 11.1. The SMILES string of the molecule is CN=C(NCCc1ccc2c(c1)CCO2)NCc1cccc(OCC(=O)N(C)C)c1. The lowest BCUT2D eigenvalue weighted by Crippen LogP contribution is -2.37. The normalized spacial score (nSPS) is 12.7. The predicted molar refractivity (Wildman–Crippen MR) is 118 cm³/mol. The van der Waals surface area contributed by atoms with Crippen LogP contribution in [0.4, 0.5) is 0 Å². The molecule has 1 aliphatic heterocycles. The zero-order valence-corrected chi connectivity index (χ0v) is 17.9. The second-order valence-corrected chi connectivity index (χ2v) is 7.37. The van der Waals surface area contributed by atoms with Crippen LogP contribution < -0.4 is 20.1 Å². The average Bonchev–Trinajstić information content (AvgIpc) is 3.22. The van der Waals surface area contributed by atoms with E-state index in [9.17, 15) is 4.79 Å². The van der Waals surface area contributed by atoms with E-state index in [1.165, 1.54) is 16.0 Å². The van der Waals surface area contributed by atoms with Crippen molar-refractivity contribution in [2.75, 3.05) is 40.9 Å². The summed E-state index contributed by atoms with van der Waals surface area (Å²) in [5.41, 5.74) is 3.63. The molecule has 7 nitrogen and oxygen atoms in total. The number of carbonyl (C=O) groups is 1. The molecule has 2 aromatic rings. The van der Waals surface area contributed by atoms with Crippen molar-refractivity contribution in [3.8, 4) is 11.5 Å². The first-order valence-electron chi connectivity index (χ1n) is 10.2. The fraction of sp³-hybridized carbons (Fsp3) is 0.391. The van der Waals surface area contributed by atoms with Gasteiger partial charge in [0.25, 0.3) is 5.91 Å². The third-order valence-electron chi connectivity index (χ3n) is 4.90. The molecule has 1 amide bonds.